The summed E-state index contributed by atoms with van der Waals surface area (Å²) in [6.45, 7) is 9.04. The number of piperazine rings is 1. The second-order valence-corrected chi connectivity index (χ2v) is 5.49. The van der Waals surface area contributed by atoms with Crippen molar-refractivity contribution in [2.45, 2.75) is 26.3 Å². The number of nitrogens with zero attached hydrogens (tertiary/aromatic N) is 1. The zero-order valence-corrected chi connectivity index (χ0v) is 11.9. The van der Waals surface area contributed by atoms with Gasteiger partial charge in [-0.2, -0.15) is 0 Å². The summed E-state index contributed by atoms with van der Waals surface area (Å²) in [4.78, 5) is 13.9. The molecule has 0 bridgehead atoms. The van der Waals surface area contributed by atoms with Crippen LogP contribution < -0.4 is 5.32 Å². The maximum absolute atomic E-state index is 11.9. The van der Waals surface area contributed by atoms with Crippen molar-refractivity contribution in [3.8, 4) is 0 Å². The number of aliphatic carboxylic acids is 1. The molecule has 1 fully saturated rings. The van der Waals surface area contributed by atoms with Gasteiger partial charge in [0.05, 0.1) is 0 Å². The third kappa shape index (κ3) is 2.65. The van der Waals surface area contributed by atoms with Gasteiger partial charge in [0, 0.05) is 26.2 Å². The van der Waals surface area contributed by atoms with E-state index in [1.54, 1.807) is 0 Å². The summed E-state index contributed by atoms with van der Waals surface area (Å²) in [5, 5.41) is 13.0. The molecule has 0 radical (unpaired) electrons. The lowest BCUT2D eigenvalue weighted by Gasteiger charge is -2.41. The minimum absolute atomic E-state index is 0.760. The molecule has 0 saturated carbocycles. The van der Waals surface area contributed by atoms with Gasteiger partial charge in [-0.3, -0.25) is 4.90 Å². The van der Waals surface area contributed by atoms with Gasteiger partial charge in [-0.15, -0.1) is 0 Å². The monoisotopic (exact) mass is 262 g/mol. The largest absolute Gasteiger partial charge is 0.480 e. The van der Waals surface area contributed by atoms with Crippen LogP contribution in [0.3, 0.4) is 0 Å². The van der Waals surface area contributed by atoms with Gasteiger partial charge in [0.2, 0.25) is 0 Å². The Balaban J connectivity index is 2.45. The molecule has 1 aliphatic rings. The van der Waals surface area contributed by atoms with E-state index in [0.717, 1.165) is 42.9 Å². The van der Waals surface area contributed by atoms with Crippen molar-refractivity contribution in [2.75, 3.05) is 26.2 Å². The summed E-state index contributed by atoms with van der Waals surface area (Å²) in [6.07, 6.45) is 0. The fraction of sp³-hybridized carbons (Fsp3) is 0.533. The average molecular weight is 262 g/mol. The fourth-order valence-electron chi connectivity index (χ4n) is 2.81. The summed E-state index contributed by atoms with van der Waals surface area (Å²) in [5.74, 6) is -0.778. The third-order valence-electron chi connectivity index (χ3n) is 3.95. The third-order valence-corrected chi connectivity index (χ3v) is 3.95. The predicted molar refractivity (Wildman–Crippen MR) is 75.3 cm³/mol. The highest BCUT2D eigenvalue weighted by atomic mass is 16.4. The van der Waals surface area contributed by atoms with Gasteiger partial charge in [-0.05, 0) is 26.3 Å². The Morgan fingerprint density at radius 1 is 1.21 bits per heavy atom. The maximum atomic E-state index is 11.9. The molecule has 1 aromatic carbocycles. The molecule has 1 unspecified atom stereocenters. The van der Waals surface area contributed by atoms with Crippen LogP contribution in [-0.2, 0) is 10.3 Å². The Hall–Kier alpha value is -1.39. The first-order valence-electron chi connectivity index (χ1n) is 6.72. The van der Waals surface area contributed by atoms with E-state index in [9.17, 15) is 9.90 Å². The minimum atomic E-state index is -0.946. The van der Waals surface area contributed by atoms with Crippen molar-refractivity contribution < 1.29 is 9.90 Å². The Morgan fingerprint density at radius 2 is 1.74 bits per heavy atom. The number of hydrogen-bond acceptors (Lipinski definition) is 3. The Kier molecular flexibility index (Phi) is 3.92. The Labute approximate surface area is 114 Å². The smallest absolute Gasteiger partial charge is 0.328 e. The molecule has 0 spiro atoms. The topological polar surface area (TPSA) is 52.6 Å². The van der Waals surface area contributed by atoms with Crippen LogP contribution in [0.4, 0.5) is 0 Å². The van der Waals surface area contributed by atoms with Crippen LogP contribution >= 0.6 is 0 Å². The van der Waals surface area contributed by atoms with Gasteiger partial charge in [0.25, 0.3) is 0 Å². The summed E-state index contributed by atoms with van der Waals surface area (Å²) < 4.78 is 0. The first-order valence-corrected chi connectivity index (χ1v) is 6.72. The standard InChI is InChI=1S/C15H22N2O2/c1-11-8-12(2)10-13(9-11)15(3,14(18)19)17-6-4-16-5-7-17/h8-10,16H,4-7H2,1-3H3,(H,18,19). The van der Waals surface area contributed by atoms with E-state index in [4.69, 9.17) is 0 Å². The van der Waals surface area contributed by atoms with Crippen molar-refractivity contribution in [3.63, 3.8) is 0 Å². The van der Waals surface area contributed by atoms with E-state index >= 15 is 0 Å². The average Bonchev–Trinajstić information content (AvgIpc) is 2.37. The molecule has 1 aromatic rings. The number of rotatable bonds is 3. The molecule has 1 atom stereocenters. The molecule has 4 nitrogen and oxygen atoms in total. The predicted octanol–water partition coefficient (Wildman–Crippen LogP) is 1.51. The number of carbonyl (C=O) groups is 1. The maximum Gasteiger partial charge on any atom is 0.328 e. The van der Waals surface area contributed by atoms with E-state index in [0.29, 0.717) is 0 Å². The van der Waals surface area contributed by atoms with Crippen LogP contribution in [0.15, 0.2) is 18.2 Å². The number of hydrogen-bond donors (Lipinski definition) is 2. The van der Waals surface area contributed by atoms with Gasteiger partial charge < -0.3 is 10.4 Å². The summed E-state index contributed by atoms with van der Waals surface area (Å²) >= 11 is 0. The van der Waals surface area contributed by atoms with Gasteiger partial charge in [-0.25, -0.2) is 4.79 Å². The number of carboxylic acid groups (broad SMARTS) is 1. The molecule has 19 heavy (non-hydrogen) atoms. The van der Waals surface area contributed by atoms with Crippen LogP contribution in [0.1, 0.15) is 23.6 Å². The van der Waals surface area contributed by atoms with E-state index in [1.165, 1.54) is 0 Å². The highest BCUT2D eigenvalue weighted by Gasteiger charge is 2.41. The quantitative estimate of drug-likeness (QED) is 0.867. The summed E-state index contributed by atoms with van der Waals surface area (Å²) in [6, 6.07) is 6.05. The van der Waals surface area contributed by atoms with Gasteiger partial charge in [0.1, 0.15) is 5.54 Å². The molecule has 1 aliphatic heterocycles. The summed E-state index contributed by atoms with van der Waals surface area (Å²) in [7, 11) is 0. The SMILES string of the molecule is Cc1cc(C)cc(C(C)(C(=O)O)N2CCNCC2)c1. The molecular formula is C15H22N2O2. The molecular weight excluding hydrogens is 240 g/mol. The molecule has 4 heteroatoms. The van der Waals surface area contributed by atoms with Gasteiger partial charge in [0.15, 0.2) is 0 Å². The molecule has 0 aliphatic carbocycles. The number of benzene rings is 1. The van der Waals surface area contributed by atoms with E-state index in [1.807, 2.05) is 32.9 Å². The lowest BCUT2D eigenvalue weighted by atomic mass is 9.87. The first-order chi connectivity index (χ1) is 8.94. The van der Waals surface area contributed by atoms with Crippen molar-refractivity contribution in [3.05, 3.63) is 34.9 Å². The number of aryl methyl sites for hydroxylation is 2. The second-order valence-electron chi connectivity index (χ2n) is 5.49. The normalized spacial score (nSPS) is 19.9. The van der Waals surface area contributed by atoms with Gasteiger partial charge >= 0.3 is 5.97 Å². The summed E-state index contributed by atoms with van der Waals surface area (Å²) in [5.41, 5.74) is 2.15. The van der Waals surface area contributed by atoms with Gasteiger partial charge in [-0.1, -0.05) is 29.3 Å². The molecule has 0 aromatic heterocycles. The molecule has 0 amide bonds. The zero-order chi connectivity index (χ0) is 14.0. The molecule has 1 heterocycles. The van der Waals surface area contributed by atoms with E-state index < -0.39 is 11.5 Å². The number of carboxylic acids is 1. The Bertz CT molecular complexity index is 461. The van der Waals surface area contributed by atoms with Crippen molar-refractivity contribution in [1.29, 1.82) is 0 Å². The molecule has 1 saturated heterocycles. The van der Waals surface area contributed by atoms with E-state index in [-0.39, 0.29) is 0 Å². The zero-order valence-electron chi connectivity index (χ0n) is 11.9. The molecule has 104 valence electrons. The Morgan fingerprint density at radius 3 is 2.21 bits per heavy atom. The molecule has 2 N–H and O–H groups in total. The van der Waals surface area contributed by atoms with E-state index in [2.05, 4.69) is 16.3 Å². The molecule has 2 rings (SSSR count). The lowest BCUT2D eigenvalue weighted by Crippen LogP contribution is -2.56. The van der Waals surface area contributed by atoms with Crippen molar-refractivity contribution in [1.82, 2.24) is 10.2 Å². The van der Waals surface area contributed by atoms with Crippen LogP contribution in [0.2, 0.25) is 0 Å². The number of nitrogens with one attached hydrogen (secondary N) is 1. The highest BCUT2D eigenvalue weighted by molar-refractivity contribution is 5.80. The van der Waals surface area contributed by atoms with Crippen LogP contribution in [0, 0.1) is 13.8 Å². The second kappa shape index (κ2) is 5.31. The minimum Gasteiger partial charge on any atom is -0.480 e. The fourth-order valence-corrected chi connectivity index (χ4v) is 2.81. The van der Waals surface area contributed by atoms with Crippen LogP contribution in [0.25, 0.3) is 0 Å². The van der Waals surface area contributed by atoms with Crippen molar-refractivity contribution >= 4 is 5.97 Å². The highest BCUT2D eigenvalue weighted by Crippen LogP contribution is 2.30. The lowest BCUT2D eigenvalue weighted by molar-refractivity contribution is -0.151. The van der Waals surface area contributed by atoms with Crippen LogP contribution in [0.5, 0.6) is 0 Å². The van der Waals surface area contributed by atoms with Crippen LogP contribution in [-0.4, -0.2) is 42.2 Å². The first kappa shape index (κ1) is 14.0. The van der Waals surface area contributed by atoms with Crippen molar-refractivity contribution in [2.24, 2.45) is 0 Å².